The molecule has 136 valence electrons. The summed E-state index contributed by atoms with van der Waals surface area (Å²) in [6, 6.07) is 15.7. The third-order valence-corrected chi connectivity index (χ3v) is 4.45. The highest BCUT2D eigenvalue weighted by atomic mass is 19.1. The molecule has 27 heavy (non-hydrogen) atoms. The molecule has 3 aromatic rings. The molecule has 0 aliphatic rings. The van der Waals surface area contributed by atoms with Crippen LogP contribution >= 0.6 is 0 Å². The first-order chi connectivity index (χ1) is 12.9. The quantitative estimate of drug-likeness (QED) is 0.681. The van der Waals surface area contributed by atoms with Gasteiger partial charge < -0.3 is 10.4 Å². The van der Waals surface area contributed by atoms with Crippen LogP contribution in [0.2, 0.25) is 0 Å². The predicted octanol–water partition coefficient (Wildman–Crippen LogP) is 5.06. The number of aryl methyl sites for hydroxylation is 2. The van der Waals surface area contributed by atoms with Crippen LogP contribution in [0.15, 0.2) is 60.7 Å². The lowest BCUT2D eigenvalue weighted by Gasteiger charge is -2.14. The molecule has 0 unspecified atom stereocenters. The Balaban J connectivity index is 2.03. The van der Waals surface area contributed by atoms with E-state index in [1.165, 1.54) is 30.3 Å². The molecule has 0 aromatic heterocycles. The molecule has 1 amide bonds. The third-order valence-electron chi connectivity index (χ3n) is 4.45. The van der Waals surface area contributed by atoms with E-state index >= 15 is 0 Å². The van der Waals surface area contributed by atoms with Crippen LogP contribution in [0.1, 0.15) is 31.8 Å². The van der Waals surface area contributed by atoms with Crippen molar-refractivity contribution in [2.45, 2.75) is 13.8 Å². The zero-order chi connectivity index (χ0) is 19.6. The maximum Gasteiger partial charge on any atom is 0.338 e. The molecule has 0 fully saturated rings. The van der Waals surface area contributed by atoms with E-state index in [1.54, 1.807) is 12.1 Å². The van der Waals surface area contributed by atoms with Crippen molar-refractivity contribution in [1.82, 2.24) is 0 Å². The number of halogens is 1. The van der Waals surface area contributed by atoms with Gasteiger partial charge in [0.1, 0.15) is 5.82 Å². The fraction of sp³-hybridized carbons (Fsp3) is 0.0909. The molecule has 3 aromatic carbocycles. The number of anilines is 1. The Hall–Kier alpha value is -3.47. The second-order valence-electron chi connectivity index (χ2n) is 6.29. The highest BCUT2D eigenvalue weighted by Crippen LogP contribution is 2.31. The number of carbonyl (C=O) groups excluding carboxylic acids is 1. The summed E-state index contributed by atoms with van der Waals surface area (Å²) in [5.41, 5.74) is 3.87. The molecule has 0 saturated heterocycles. The highest BCUT2D eigenvalue weighted by molar-refractivity contribution is 6.10. The van der Waals surface area contributed by atoms with E-state index in [0.29, 0.717) is 5.56 Å². The van der Waals surface area contributed by atoms with Crippen LogP contribution in [0.5, 0.6) is 0 Å². The van der Waals surface area contributed by atoms with Crippen molar-refractivity contribution in [3.63, 3.8) is 0 Å². The molecule has 0 heterocycles. The Morgan fingerprint density at radius 1 is 0.926 bits per heavy atom. The second kappa shape index (κ2) is 7.41. The fourth-order valence-electron chi connectivity index (χ4n) is 2.83. The van der Waals surface area contributed by atoms with Crippen LogP contribution < -0.4 is 5.32 Å². The van der Waals surface area contributed by atoms with E-state index in [0.717, 1.165) is 16.7 Å². The van der Waals surface area contributed by atoms with Gasteiger partial charge in [-0.1, -0.05) is 30.3 Å². The van der Waals surface area contributed by atoms with E-state index in [4.69, 9.17) is 0 Å². The highest BCUT2D eigenvalue weighted by Gasteiger charge is 2.19. The number of carboxylic acid groups (broad SMARTS) is 1. The van der Waals surface area contributed by atoms with Gasteiger partial charge in [0.15, 0.2) is 0 Å². The number of carboxylic acids is 1. The van der Waals surface area contributed by atoms with Gasteiger partial charge in [0.25, 0.3) is 5.91 Å². The lowest BCUT2D eigenvalue weighted by Crippen LogP contribution is -2.15. The molecule has 0 atom stereocenters. The van der Waals surface area contributed by atoms with Gasteiger partial charge in [-0.25, -0.2) is 9.18 Å². The number of nitrogens with one attached hydrogen (secondary N) is 1. The van der Waals surface area contributed by atoms with Gasteiger partial charge in [0, 0.05) is 5.56 Å². The van der Waals surface area contributed by atoms with E-state index in [-0.39, 0.29) is 16.8 Å². The fourth-order valence-corrected chi connectivity index (χ4v) is 2.83. The summed E-state index contributed by atoms with van der Waals surface area (Å²) in [6.45, 7) is 3.94. The molecule has 0 aliphatic carbocycles. The van der Waals surface area contributed by atoms with Gasteiger partial charge in [-0.15, -0.1) is 0 Å². The van der Waals surface area contributed by atoms with Gasteiger partial charge in [-0.2, -0.15) is 0 Å². The summed E-state index contributed by atoms with van der Waals surface area (Å²) in [5, 5.41) is 12.4. The van der Waals surface area contributed by atoms with E-state index in [1.807, 2.05) is 32.0 Å². The molecule has 3 rings (SSSR count). The van der Waals surface area contributed by atoms with Crippen molar-refractivity contribution in [1.29, 1.82) is 0 Å². The average Bonchev–Trinajstić information content (AvgIpc) is 2.64. The van der Waals surface area contributed by atoms with Crippen LogP contribution in [-0.2, 0) is 0 Å². The molecule has 4 nitrogen and oxygen atoms in total. The summed E-state index contributed by atoms with van der Waals surface area (Å²) in [7, 11) is 0. The summed E-state index contributed by atoms with van der Waals surface area (Å²) in [6.07, 6.45) is 0. The lowest BCUT2D eigenvalue weighted by molar-refractivity contribution is 0.0699. The minimum absolute atomic E-state index is 0.0104. The zero-order valence-electron chi connectivity index (χ0n) is 14.9. The molecular weight excluding hydrogens is 345 g/mol. The summed E-state index contributed by atoms with van der Waals surface area (Å²) < 4.78 is 13.0. The topological polar surface area (TPSA) is 66.4 Å². The minimum Gasteiger partial charge on any atom is -0.478 e. The predicted molar refractivity (Wildman–Crippen MR) is 103 cm³/mol. The monoisotopic (exact) mass is 363 g/mol. The number of benzene rings is 3. The Kier molecular flexibility index (Phi) is 5.03. The summed E-state index contributed by atoms with van der Waals surface area (Å²) >= 11 is 0. The third kappa shape index (κ3) is 3.87. The Morgan fingerprint density at radius 3 is 2.26 bits per heavy atom. The van der Waals surface area contributed by atoms with Gasteiger partial charge in [0.2, 0.25) is 0 Å². The number of amides is 1. The first kappa shape index (κ1) is 18.3. The van der Waals surface area contributed by atoms with Crippen molar-refractivity contribution in [2.75, 3.05) is 5.32 Å². The Labute approximate surface area is 156 Å². The van der Waals surface area contributed by atoms with E-state index in [2.05, 4.69) is 5.32 Å². The van der Waals surface area contributed by atoms with Crippen LogP contribution in [0.4, 0.5) is 10.1 Å². The van der Waals surface area contributed by atoms with Crippen molar-refractivity contribution < 1.29 is 19.1 Å². The SMILES string of the molecule is Cc1ccc(-c2cccc(NC(=O)c3ccc(F)cc3)c2C(=O)O)cc1C. The average molecular weight is 363 g/mol. The molecule has 2 N–H and O–H groups in total. The molecule has 0 bridgehead atoms. The van der Waals surface area contributed by atoms with Crippen molar-refractivity contribution in [3.05, 3.63) is 88.7 Å². The smallest absolute Gasteiger partial charge is 0.338 e. The largest absolute Gasteiger partial charge is 0.478 e. The first-order valence-corrected chi connectivity index (χ1v) is 8.37. The summed E-state index contributed by atoms with van der Waals surface area (Å²) in [4.78, 5) is 24.3. The number of hydrogen-bond donors (Lipinski definition) is 2. The van der Waals surface area contributed by atoms with Crippen LogP contribution in [-0.4, -0.2) is 17.0 Å². The number of hydrogen-bond acceptors (Lipinski definition) is 2. The minimum atomic E-state index is -1.14. The second-order valence-corrected chi connectivity index (χ2v) is 6.29. The molecule has 0 saturated carbocycles. The van der Waals surface area contributed by atoms with Gasteiger partial charge in [-0.3, -0.25) is 4.79 Å². The molecule has 0 aliphatic heterocycles. The van der Waals surface area contributed by atoms with Crippen molar-refractivity contribution >= 4 is 17.6 Å². The van der Waals surface area contributed by atoms with Gasteiger partial charge in [-0.05, 0) is 66.4 Å². The standard InChI is InChI=1S/C22H18FNO3/c1-13-6-7-16(12-14(13)2)18-4-3-5-19(20(18)22(26)27)24-21(25)15-8-10-17(23)11-9-15/h3-12H,1-2H3,(H,24,25)(H,26,27). The Morgan fingerprint density at radius 2 is 1.63 bits per heavy atom. The molecular formula is C22H18FNO3. The van der Waals surface area contributed by atoms with Crippen LogP contribution in [0, 0.1) is 19.7 Å². The van der Waals surface area contributed by atoms with Gasteiger partial charge >= 0.3 is 5.97 Å². The van der Waals surface area contributed by atoms with E-state index < -0.39 is 17.7 Å². The maximum atomic E-state index is 13.0. The normalized spacial score (nSPS) is 10.5. The van der Waals surface area contributed by atoms with Crippen molar-refractivity contribution in [3.8, 4) is 11.1 Å². The first-order valence-electron chi connectivity index (χ1n) is 8.37. The number of carbonyl (C=O) groups is 2. The number of rotatable bonds is 4. The molecule has 0 spiro atoms. The van der Waals surface area contributed by atoms with E-state index in [9.17, 15) is 19.1 Å². The Bertz CT molecular complexity index is 1030. The molecule has 0 radical (unpaired) electrons. The van der Waals surface area contributed by atoms with Crippen LogP contribution in [0.3, 0.4) is 0 Å². The van der Waals surface area contributed by atoms with Gasteiger partial charge in [0.05, 0.1) is 11.3 Å². The zero-order valence-corrected chi connectivity index (χ0v) is 14.9. The van der Waals surface area contributed by atoms with Crippen LogP contribution in [0.25, 0.3) is 11.1 Å². The summed E-state index contributed by atoms with van der Waals surface area (Å²) in [5.74, 6) is -2.09. The van der Waals surface area contributed by atoms with Crippen molar-refractivity contribution in [2.24, 2.45) is 0 Å². The number of aromatic carboxylic acids is 1. The lowest BCUT2D eigenvalue weighted by atomic mass is 9.95. The maximum absolute atomic E-state index is 13.0. The molecule has 5 heteroatoms.